The minimum Gasteiger partial charge on any atom is -0.380 e. The maximum atomic E-state index is 12.6. The summed E-state index contributed by atoms with van der Waals surface area (Å²) in [5.74, 6) is -0.326. The molecular formula is C18H25N3O3. The van der Waals surface area contributed by atoms with Crippen LogP contribution >= 0.6 is 0 Å². The number of benzene rings is 1. The molecule has 2 N–H and O–H groups in total. The highest BCUT2D eigenvalue weighted by Crippen LogP contribution is 2.23. The van der Waals surface area contributed by atoms with Gasteiger partial charge in [0.1, 0.15) is 0 Å². The van der Waals surface area contributed by atoms with Crippen LogP contribution in [-0.2, 0) is 9.53 Å². The van der Waals surface area contributed by atoms with Crippen molar-refractivity contribution in [2.24, 2.45) is 11.7 Å². The highest BCUT2D eigenvalue weighted by molar-refractivity contribution is 5.94. The summed E-state index contributed by atoms with van der Waals surface area (Å²) in [6.07, 6.45) is 2.64. The Morgan fingerprint density at radius 2 is 1.75 bits per heavy atom. The molecule has 3 rings (SSSR count). The number of piperidine rings is 1. The molecule has 0 radical (unpaired) electrons. The lowest BCUT2D eigenvalue weighted by Crippen LogP contribution is -2.41. The van der Waals surface area contributed by atoms with E-state index in [4.69, 9.17) is 10.5 Å². The van der Waals surface area contributed by atoms with Crippen molar-refractivity contribution in [1.29, 1.82) is 0 Å². The number of carbonyl (C=O) groups excluding carboxylic acids is 2. The molecule has 0 saturated carbocycles. The van der Waals surface area contributed by atoms with Crippen LogP contribution in [0.2, 0.25) is 0 Å². The average Bonchev–Trinajstić information content (AvgIpc) is 3.10. The second-order valence-corrected chi connectivity index (χ2v) is 6.61. The van der Waals surface area contributed by atoms with Gasteiger partial charge in [0.15, 0.2) is 0 Å². The van der Waals surface area contributed by atoms with Crippen LogP contribution in [0.5, 0.6) is 0 Å². The first-order chi connectivity index (χ1) is 11.6. The largest absolute Gasteiger partial charge is 0.380 e. The fourth-order valence-corrected chi connectivity index (χ4v) is 3.52. The van der Waals surface area contributed by atoms with E-state index in [0.717, 1.165) is 25.2 Å². The first kappa shape index (κ1) is 16.8. The van der Waals surface area contributed by atoms with Crippen molar-refractivity contribution in [2.75, 3.05) is 38.2 Å². The fourth-order valence-electron chi connectivity index (χ4n) is 3.52. The summed E-state index contributed by atoms with van der Waals surface area (Å²) in [5, 5.41) is 0. The third-order valence-electron chi connectivity index (χ3n) is 5.14. The van der Waals surface area contributed by atoms with E-state index in [1.165, 1.54) is 0 Å². The number of hydrogen-bond acceptors (Lipinski definition) is 4. The number of carbonyl (C=O) groups is 2. The van der Waals surface area contributed by atoms with E-state index >= 15 is 0 Å². The Bertz CT molecular complexity index is 594. The maximum Gasteiger partial charge on any atom is 0.253 e. The molecular weight excluding hydrogens is 306 g/mol. The van der Waals surface area contributed by atoms with Gasteiger partial charge in [-0.25, -0.2) is 0 Å². The second-order valence-electron chi connectivity index (χ2n) is 6.61. The Morgan fingerprint density at radius 1 is 1.08 bits per heavy atom. The molecule has 130 valence electrons. The molecule has 1 unspecified atom stereocenters. The Hall–Kier alpha value is -2.08. The quantitative estimate of drug-likeness (QED) is 0.901. The molecule has 2 aliphatic rings. The fraction of sp³-hybridized carbons (Fsp3) is 0.556. The van der Waals surface area contributed by atoms with Crippen molar-refractivity contribution in [3.05, 3.63) is 29.8 Å². The molecule has 2 fully saturated rings. The number of nitrogens with zero attached hydrogens (tertiary/aromatic N) is 2. The predicted molar refractivity (Wildman–Crippen MR) is 91.9 cm³/mol. The van der Waals surface area contributed by atoms with E-state index in [-0.39, 0.29) is 23.8 Å². The van der Waals surface area contributed by atoms with Gasteiger partial charge in [-0.1, -0.05) is 0 Å². The van der Waals surface area contributed by atoms with Gasteiger partial charge >= 0.3 is 0 Å². The van der Waals surface area contributed by atoms with Crippen LogP contribution in [-0.4, -0.2) is 56.1 Å². The molecule has 1 aromatic rings. The van der Waals surface area contributed by atoms with Crippen LogP contribution in [0.15, 0.2) is 24.3 Å². The van der Waals surface area contributed by atoms with Crippen LogP contribution in [0.3, 0.4) is 0 Å². The molecule has 0 aliphatic carbocycles. The molecule has 2 saturated heterocycles. The predicted octanol–water partition coefficient (Wildman–Crippen LogP) is 1.25. The Morgan fingerprint density at radius 3 is 2.29 bits per heavy atom. The molecule has 0 bridgehead atoms. The molecule has 2 amide bonds. The van der Waals surface area contributed by atoms with E-state index in [0.29, 0.717) is 31.5 Å². The van der Waals surface area contributed by atoms with Crippen molar-refractivity contribution in [2.45, 2.75) is 25.4 Å². The highest BCUT2D eigenvalue weighted by atomic mass is 16.5. The van der Waals surface area contributed by atoms with Crippen LogP contribution < -0.4 is 10.6 Å². The van der Waals surface area contributed by atoms with Gasteiger partial charge < -0.3 is 20.3 Å². The van der Waals surface area contributed by atoms with Crippen molar-refractivity contribution in [3.63, 3.8) is 0 Å². The molecule has 24 heavy (non-hydrogen) atoms. The lowest BCUT2D eigenvalue weighted by atomic mass is 9.96. The van der Waals surface area contributed by atoms with Crippen molar-refractivity contribution < 1.29 is 14.3 Å². The number of likely N-dealkylation sites (tertiary alicyclic amines) is 1. The van der Waals surface area contributed by atoms with Crippen LogP contribution in [0.4, 0.5) is 5.69 Å². The minimum absolute atomic E-state index is 0.0284. The van der Waals surface area contributed by atoms with Crippen molar-refractivity contribution >= 4 is 17.5 Å². The molecule has 2 aliphatic heterocycles. The third-order valence-corrected chi connectivity index (χ3v) is 5.14. The van der Waals surface area contributed by atoms with Gasteiger partial charge in [0.05, 0.1) is 6.10 Å². The van der Waals surface area contributed by atoms with Crippen LogP contribution in [0, 0.1) is 5.92 Å². The Kier molecular flexibility index (Phi) is 5.04. The summed E-state index contributed by atoms with van der Waals surface area (Å²) in [6.45, 7) is 3.06. The number of ether oxygens (including phenoxy) is 1. The zero-order valence-electron chi connectivity index (χ0n) is 14.1. The topological polar surface area (TPSA) is 75.9 Å². The van der Waals surface area contributed by atoms with Crippen molar-refractivity contribution in [3.8, 4) is 0 Å². The van der Waals surface area contributed by atoms with Gasteiger partial charge in [-0.05, 0) is 43.5 Å². The molecule has 0 aromatic heterocycles. The number of anilines is 1. The van der Waals surface area contributed by atoms with Crippen LogP contribution in [0.25, 0.3) is 0 Å². The first-order valence-corrected chi connectivity index (χ1v) is 8.55. The van der Waals surface area contributed by atoms with Gasteiger partial charge in [-0.2, -0.15) is 0 Å². The van der Waals surface area contributed by atoms with E-state index in [2.05, 4.69) is 4.90 Å². The minimum atomic E-state index is -0.258. The monoisotopic (exact) mass is 331 g/mol. The van der Waals surface area contributed by atoms with Gasteiger partial charge in [-0.15, -0.1) is 0 Å². The lowest BCUT2D eigenvalue weighted by molar-refractivity contribution is -0.123. The molecule has 1 aromatic carbocycles. The number of hydrogen-bond donors (Lipinski definition) is 1. The summed E-state index contributed by atoms with van der Waals surface area (Å²) in [6, 6.07) is 7.78. The number of primary amides is 1. The normalized spacial score (nSPS) is 22.0. The molecule has 6 heteroatoms. The average molecular weight is 331 g/mol. The molecule has 6 nitrogen and oxygen atoms in total. The summed E-state index contributed by atoms with van der Waals surface area (Å²) < 4.78 is 5.39. The van der Waals surface area contributed by atoms with Gasteiger partial charge in [0, 0.05) is 50.5 Å². The number of nitrogens with two attached hydrogens (primary N) is 1. The van der Waals surface area contributed by atoms with Gasteiger partial charge in [-0.3, -0.25) is 9.59 Å². The maximum absolute atomic E-state index is 12.6. The molecule has 1 atom stereocenters. The second kappa shape index (κ2) is 7.21. The van der Waals surface area contributed by atoms with Gasteiger partial charge in [0.2, 0.25) is 5.91 Å². The highest BCUT2D eigenvalue weighted by Gasteiger charge is 2.27. The van der Waals surface area contributed by atoms with E-state index < -0.39 is 0 Å². The Labute approximate surface area is 142 Å². The molecule has 0 spiro atoms. The summed E-state index contributed by atoms with van der Waals surface area (Å²) >= 11 is 0. The SMILES string of the molecule is COC1CCN(c2ccc(C(=O)N3CCC(C(N)=O)CC3)cc2)C1. The van der Waals surface area contributed by atoms with Crippen molar-refractivity contribution in [1.82, 2.24) is 4.90 Å². The molecule has 2 heterocycles. The third kappa shape index (κ3) is 3.53. The van der Waals surface area contributed by atoms with Gasteiger partial charge in [0.25, 0.3) is 5.91 Å². The van der Waals surface area contributed by atoms with E-state index in [1.54, 1.807) is 7.11 Å². The van der Waals surface area contributed by atoms with Crippen LogP contribution in [0.1, 0.15) is 29.6 Å². The lowest BCUT2D eigenvalue weighted by Gasteiger charge is -2.30. The number of rotatable bonds is 4. The number of methoxy groups -OCH3 is 1. The zero-order chi connectivity index (χ0) is 17.1. The standard InChI is InChI=1S/C18H25N3O3/c1-24-16-8-11-21(12-16)15-4-2-14(3-5-15)18(23)20-9-6-13(7-10-20)17(19)22/h2-5,13,16H,6-12H2,1H3,(H2,19,22). The number of amides is 2. The Balaban J connectivity index is 1.59. The summed E-state index contributed by atoms with van der Waals surface area (Å²) in [7, 11) is 1.75. The van der Waals surface area contributed by atoms with E-state index in [9.17, 15) is 9.59 Å². The van der Waals surface area contributed by atoms with E-state index in [1.807, 2.05) is 29.2 Å². The first-order valence-electron chi connectivity index (χ1n) is 8.55. The zero-order valence-corrected chi connectivity index (χ0v) is 14.1. The summed E-state index contributed by atoms with van der Waals surface area (Å²) in [4.78, 5) is 27.9. The summed E-state index contributed by atoms with van der Waals surface area (Å²) in [5.41, 5.74) is 7.16. The smallest absolute Gasteiger partial charge is 0.253 e.